The monoisotopic (exact) mass is 478 g/mol. The molecule has 0 saturated heterocycles. The number of nitrogens with two attached hydrogens (primary N) is 1. The predicted octanol–water partition coefficient (Wildman–Crippen LogP) is 3.41. The number of anilines is 2. The first-order valence-corrected chi connectivity index (χ1v) is 10.6. The lowest BCUT2D eigenvalue weighted by atomic mass is 10.1. The number of aromatic nitrogens is 4. The first kappa shape index (κ1) is 21.6. The van der Waals surface area contributed by atoms with Crippen molar-refractivity contribution in [2.24, 2.45) is 0 Å². The summed E-state index contributed by atoms with van der Waals surface area (Å²) in [6, 6.07) is 4.38. The quantitative estimate of drug-likeness (QED) is 0.446. The topological polar surface area (TPSA) is 133 Å². The molecule has 0 bridgehead atoms. The summed E-state index contributed by atoms with van der Waals surface area (Å²) in [5, 5.41) is 0.0205. The van der Waals surface area contributed by atoms with Crippen molar-refractivity contribution in [3.8, 4) is 17.1 Å². The normalized spacial score (nSPS) is 11.5. The second kappa shape index (κ2) is 8.13. The van der Waals surface area contributed by atoms with E-state index in [9.17, 15) is 12.8 Å². The van der Waals surface area contributed by atoms with Crippen LogP contribution < -0.4 is 15.2 Å². The van der Waals surface area contributed by atoms with Crippen LogP contribution >= 0.6 is 11.6 Å². The Kier molecular flexibility index (Phi) is 5.48. The van der Waals surface area contributed by atoms with Crippen molar-refractivity contribution < 1.29 is 21.9 Å². The van der Waals surface area contributed by atoms with E-state index in [4.69, 9.17) is 22.1 Å². The Labute approximate surface area is 185 Å². The number of hydrogen-bond donors (Lipinski definition) is 2. The van der Waals surface area contributed by atoms with E-state index < -0.39 is 37.8 Å². The van der Waals surface area contributed by atoms with Gasteiger partial charge in [0, 0.05) is 12.3 Å². The molecule has 0 saturated carbocycles. The van der Waals surface area contributed by atoms with Gasteiger partial charge < -0.3 is 10.5 Å². The molecule has 0 spiro atoms. The third-order valence-corrected chi connectivity index (χ3v) is 5.88. The van der Waals surface area contributed by atoms with Crippen LogP contribution in [0.4, 0.5) is 20.3 Å². The van der Waals surface area contributed by atoms with E-state index in [1.54, 1.807) is 0 Å². The van der Waals surface area contributed by atoms with Gasteiger partial charge in [0.1, 0.15) is 17.2 Å². The number of halogens is 3. The molecule has 4 aromatic rings. The minimum atomic E-state index is -4.40. The molecule has 3 aromatic heterocycles. The molecule has 0 unspecified atom stereocenters. The van der Waals surface area contributed by atoms with E-state index in [0.717, 1.165) is 24.4 Å². The minimum absolute atomic E-state index is 0.0205. The molecule has 0 aliphatic rings. The van der Waals surface area contributed by atoms with Crippen LogP contribution in [0.1, 0.15) is 0 Å². The van der Waals surface area contributed by atoms with Crippen LogP contribution in [0.25, 0.3) is 22.3 Å². The number of ether oxygens (including phenoxy) is 1. The molecular weight excluding hydrogens is 466 g/mol. The third-order valence-electron chi connectivity index (χ3n) is 4.31. The number of fused-ring (bicyclic) bond motifs is 1. The Balaban J connectivity index is 1.79. The predicted molar refractivity (Wildman–Crippen MR) is 114 cm³/mol. The molecule has 0 aliphatic heterocycles. The summed E-state index contributed by atoms with van der Waals surface area (Å²) < 4.78 is 62.4. The molecule has 0 radical (unpaired) electrons. The molecular formula is C19H13ClF2N6O3S. The van der Waals surface area contributed by atoms with Gasteiger partial charge in [-0.05, 0) is 18.2 Å². The lowest BCUT2D eigenvalue weighted by Gasteiger charge is -2.14. The van der Waals surface area contributed by atoms with Gasteiger partial charge in [0.25, 0.3) is 10.0 Å². The van der Waals surface area contributed by atoms with E-state index >= 15 is 4.39 Å². The number of methoxy groups -OCH3 is 1. The number of nitrogens with zero attached hydrogens (tertiary/aromatic N) is 4. The second-order valence-electron chi connectivity index (χ2n) is 6.40. The van der Waals surface area contributed by atoms with Gasteiger partial charge in [-0.15, -0.1) is 0 Å². The van der Waals surface area contributed by atoms with E-state index in [1.165, 1.54) is 25.6 Å². The molecule has 32 heavy (non-hydrogen) atoms. The summed E-state index contributed by atoms with van der Waals surface area (Å²) in [6.07, 6.45) is 3.64. The number of benzene rings is 1. The molecule has 3 N–H and O–H groups in total. The highest BCUT2D eigenvalue weighted by atomic mass is 35.5. The van der Waals surface area contributed by atoms with Gasteiger partial charge >= 0.3 is 0 Å². The summed E-state index contributed by atoms with van der Waals surface area (Å²) in [4.78, 5) is 15.5. The molecule has 164 valence electrons. The smallest absolute Gasteiger partial charge is 0.267 e. The van der Waals surface area contributed by atoms with Crippen LogP contribution in [-0.4, -0.2) is 35.5 Å². The van der Waals surface area contributed by atoms with Crippen molar-refractivity contribution in [2.45, 2.75) is 4.90 Å². The van der Waals surface area contributed by atoms with E-state index in [-0.39, 0.29) is 27.9 Å². The van der Waals surface area contributed by atoms with Gasteiger partial charge in [0.2, 0.25) is 5.88 Å². The first-order chi connectivity index (χ1) is 15.2. The van der Waals surface area contributed by atoms with Gasteiger partial charge in [-0.2, -0.15) is 0 Å². The van der Waals surface area contributed by atoms with Gasteiger partial charge in [-0.1, -0.05) is 11.6 Å². The lowest BCUT2D eigenvalue weighted by molar-refractivity contribution is 0.385. The van der Waals surface area contributed by atoms with Crippen LogP contribution in [0.15, 0.2) is 47.8 Å². The van der Waals surface area contributed by atoms with Crippen LogP contribution in [0.3, 0.4) is 0 Å². The summed E-state index contributed by atoms with van der Waals surface area (Å²) in [5.74, 6) is -2.21. The molecule has 9 nitrogen and oxygen atoms in total. The Morgan fingerprint density at radius 2 is 1.84 bits per heavy atom. The fourth-order valence-corrected chi connectivity index (χ4v) is 4.30. The van der Waals surface area contributed by atoms with Crippen molar-refractivity contribution in [3.05, 3.63) is 59.5 Å². The summed E-state index contributed by atoms with van der Waals surface area (Å²) in [6.45, 7) is 0. The Bertz CT molecular complexity index is 1470. The molecule has 0 aliphatic carbocycles. The fourth-order valence-electron chi connectivity index (χ4n) is 2.87. The van der Waals surface area contributed by atoms with E-state index in [1.807, 2.05) is 0 Å². The number of nitrogens with one attached hydrogen (secondary N) is 1. The average molecular weight is 479 g/mol. The van der Waals surface area contributed by atoms with Crippen molar-refractivity contribution in [1.29, 1.82) is 0 Å². The van der Waals surface area contributed by atoms with Crippen LogP contribution in [0.5, 0.6) is 5.88 Å². The standard InChI is InChI=1S/C19H13ClF2N6O3S/c1-31-19-15(4-9(20)6-26-19)32(29,30)28-11-3-2-10(21)17(18(11)22)14-8-24-12-5-16(23)25-7-13(12)27-14/h2-8,28H,1H3,(H2,23,25). The molecule has 13 heteroatoms. The maximum atomic E-state index is 15.2. The SMILES string of the molecule is COc1ncc(Cl)cc1S(=O)(=O)Nc1ccc(F)c(-c2cnc3cc(N)ncc3n2)c1F. The molecule has 0 fully saturated rings. The van der Waals surface area contributed by atoms with Crippen LogP contribution in [0.2, 0.25) is 5.02 Å². The van der Waals surface area contributed by atoms with E-state index in [2.05, 4.69) is 24.7 Å². The zero-order chi connectivity index (χ0) is 23.0. The van der Waals surface area contributed by atoms with Gasteiger partial charge in [0.05, 0.1) is 47.0 Å². The summed E-state index contributed by atoms with van der Waals surface area (Å²) in [7, 11) is -3.18. The number of pyridine rings is 2. The van der Waals surface area contributed by atoms with Gasteiger partial charge in [0.15, 0.2) is 10.7 Å². The number of nitrogen functional groups attached to an aromatic ring is 1. The molecule has 1 aromatic carbocycles. The zero-order valence-electron chi connectivity index (χ0n) is 16.2. The summed E-state index contributed by atoms with van der Waals surface area (Å²) in [5.41, 5.74) is 4.95. The highest BCUT2D eigenvalue weighted by Gasteiger charge is 2.25. The van der Waals surface area contributed by atoms with E-state index in [0.29, 0.717) is 5.52 Å². The molecule has 0 atom stereocenters. The number of hydrogen-bond acceptors (Lipinski definition) is 8. The average Bonchev–Trinajstić information content (AvgIpc) is 2.76. The van der Waals surface area contributed by atoms with Crippen molar-refractivity contribution in [2.75, 3.05) is 17.6 Å². The number of rotatable bonds is 5. The second-order valence-corrected chi connectivity index (χ2v) is 8.49. The number of sulfonamides is 1. The maximum absolute atomic E-state index is 15.2. The van der Waals surface area contributed by atoms with Crippen LogP contribution in [0, 0.1) is 11.6 Å². The van der Waals surface area contributed by atoms with Crippen molar-refractivity contribution in [1.82, 2.24) is 19.9 Å². The minimum Gasteiger partial charge on any atom is -0.480 e. The molecule has 0 amide bonds. The first-order valence-electron chi connectivity index (χ1n) is 8.78. The van der Waals surface area contributed by atoms with Gasteiger partial charge in [-0.25, -0.2) is 32.2 Å². The largest absolute Gasteiger partial charge is 0.480 e. The van der Waals surface area contributed by atoms with Crippen molar-refractivity contribution >= 4 is 44.2 Å². The Morgan fingerprint density at radius 1 is 1.06 bits per heavy atom. The van der Waals surface area contributed by atoms with Crippen LogP contribution in [-0.2, 0) is 10.0 Å². The highest BCUT2D eigenvalue weighted by molar-refractivity contribution is 7.92. The highest BCUT2D eigenvalue weighted by Crippen LogP contribution is 2.32. The Morgan fingerprint density at radius 3 is 2.59 bits per heavy atom. The van der Waals surface area contributed by atoms with Crippen molar-refractivity contribution in [3.63, 3.8) is 0 Å². The maximum Gasteiger partial charge on any atom is 0.267 e. The third kappa shape index (κ3) is 3.97. The molecule has 3 heterocycles. The fraction of sp³-hybridized carbons (Fsp3) is 0.0526. The zero-order valence-corrected chi connectivity index (χ0v) is 17.7. The van der Waals surface area contributed by atoms with Gasteiger partial charge in [-0.3, -0.25) is 9.71 Å². The lowest BCUT2D eigenvalue weighted by Crippen LogP contribution is -2.16. The Hall–Kier alpha value is -3.64. The summed E-state index contributed by atoms with van der Waals surface area (Å²) >= 11 is 5.84. The molecule has 4 rings (SSSR count).